The van der Waals surface area contributed by atoms with Crippen molar-refractivity contribution in [2.45, 2.75) is 50.7 Å². The van der Waals surface area contributed by atoms with Crippen molar-refractivity contribution in [2.24, 2.45) is 5.92 Å². The number of rotatable bonds is 2. The van der Waals surface area contributed by atoms with Gasteiger partial charge in [0.25, 0.3) is 0 Å². The zero-order valence-corrected chi connectivity index (χ0v) is 12.1. The second-order valence-electron chi connectivity index (χ2n) is 6.14. The summed E-state index contributed by atoms with van der Waals surface area (Å²) in [6.45, 7) is 2.79. The molecule has 1 aliphatic carbocycles. The number of aliphatic hydroxyl groups is 1. The van der Waals surface area contributed by atoms with Crippen LogP contribution in [0.3, 0.4) is 0 Å². The average Bonchev–Trinajstić information content (AvgIpc) is 2.35. The molecule has 1 aromatic rings. The fourth-order valence-corrected chi connectivity index (χ4v) is 3.76. The number of hydrogen-bond donors (Lipinski definition) is 1. The maximum atomic E-state index is 10.6. The van der Waals surface area contributed by atoms with Crippen LogP contribution in [-0.2, 0) is 4.74 Å². The Bertz CT molecular complexity index is 448. The van der Waals surface area contributed by atoms with Gasteiger partial charge in [0.05, 0.1) is 11.7 Å². The molecule has 1 saturated heterocycles. The van der Waals surface area contributed by atoms with Gasteiger partial charge in [-0.3, -0.25) is 0 Å². The fraction of sp³-hybridized carbons (Fsp3) is 0.625. The van der Waals surface area contributed by atoms with Gasteiger partial charge in [-0.05, 0) is 68.2 Å². The van der Waals surface area contributed by atoms with E-state index in [0.717, 1.165) is 43.4 Å². The molecule has 0 amide bonds. The van der Waals surface area contributed by atoms with E-state index in [1.165, 1.54) is 6.42 Å². The van der Waals surface area contributed by atoms with Gasteiger partial charge in [0, 0.05) is 11.6 Å². The predicted octanol–water partition coefficient (Wildman–Crippen LogP) is 4.03. The average molecular weight is 281 g/mol. The highest BCUT2D eigenvalue weighted by molar-refractivity contribution is 6.30. The van der Waals surface area contributed by atoms with Crippen molar-refractivity contribution < 1.29 is 9.84 Å². The lowest BCUT2D eigenvalue weighted by atomic mass is 9.70. The number of ether oxygens (including phenoxy) is 1. The maximum absolute atomic E-state index is 10.6. The molecule has 0 bridgehead atoms. The van der Waals surface area contributed by atoms with Crippen LogP contribution in [0.2, 0.25) is 5.02 Å². The van der Waals surface area contributed by atoms with E-state index in [9.17, 15) is 5.11 Å². The Morgan fingerprint density at radius 3 is 2.79 bits per heavy atom. The van der Waals surface area contributed by atoms with E-state index in [1.807, 2.05) is 25.1 Å². The van der Waals surface area contributed by atoms with E-state index >= 15 is 0 Å². The van der Waals surface area contributed by atoms with E-state index in [-0.39, 0.29) is 5.60 Å². The summed E-state index contributed by atoms with van der Waals surface area (Å²) in [4.78, 5) is 0. The molecule has 3 rings (SSSR count). The highest BCUT2D eigenvalue weighted by Crippen LogP contribution is 2.47. The van der Waals surface area contributed by atoms with Crippen LogP contribution in [0.4, 0.5) is 0 Å². The van der Waals surface area contributed by atoms with Crippen molar-refractivity contribution in [2.75, 3.05) is 6.61 Å². The molecule has 104 valence electrons. The quantitative estimate of drug-likeness (QED) is 0.886. The van der Waals surface area contributed by atoms with Gasteiger partial charge in [-0.1, -0.05) is 17.7 Å². The van der Waals surface area contributed by atoms with Crippen molar-refractivity contribution in [3.8, 4) is 0 Å². The lowest BCUT2D eigenvalue weighted by Crippen LogP contribution is -2.46. The summed E-state index contributed by atoms with van der Waals surface area (Å²) in [6.07, 6.45) is 5.09. The topological polar surface area (TPSA) is 29.5 Å². The second kappa shape index (κ2) is 5.08. The Hall–Kier alpha value is -0.570. The number of aryl methyl sites for hydroxylation is 1. The molecule has 2 fully saturated rings. The summed E-state index contributed by atoms with van der Waals surface area (Å²) in [5.74, 6) is 0.298. The van der Waals surface area contributed by atoms with Crippen molar-refractivity contribution >= 4 is 11.6 Å². The molecular weight excluding hydrogens is 260 g/mol. The monoisotopic (exact) mass is 280 g/mol. The molecule has 1 spiro atoms. The molecule has 2 unspecified atom stereocenters. The van der Waals surface area contributed by atoms with Gasteiger partial charge in [0.15, 0.2) is 0 Å². The van der Waals surface area contributed by atoms with Gasteiger partial charge >= 0.3 is 0 Å². The molecule has 1 N–H and O–H groups in total. The molecule has 2 atom stereocenters. The van der Waals surface area contributed by atoms with Gasteiger partial charge in [0.2, 0.25) is 0 Å². The van der Waals surface area contributed by atoms with E-state index in [2.05, 4.69) is 0 Å². The molecular formula is C16H21ClO2. The fourth-order valence-electron chi connectivity index (χ4n) is 3.46. The molecule has 0 radical (unpaired) electrons. The van der Waals surface area contributed by atoms with Crippen LogP contribution in [0.5, 0.6) is 0 Å². The van der Waals surface area contributed by atoms with E-state index in [4.69, 9.17) is 16.3 Å². The van der Waals surface area contributed by atoms with E-state index < -0.39 is 6.10 Å². The van der Waals surface area contributed by atoms with Crippen molar-refractivity contribution in [1.29, 1.82) is 0 Å². The lowest BCUT2D eigenvalue weighted by molar-refractivity contribution is -0.157. The van der Waals surface area contributed by atoms with Crippen LogP contribution in [-0.4, -0.2) is 17.3 Å². The van der Waals surface area contributed by atoms with E-state index in [0.29, 0.717) is 10.9 Å². The normalized spacial score (nSPS) is 27.0. The van der Waals surface area contributed by atoms with Gasteiger partial charge in [0.1, 0.15) is 0 Å². The summed E-state index contributed by atoms with van der Waals surface area (Å²) in [6, 6.07) is 5.86. The van der Waals surface area contributed by atoms with Crippen molar-refractivity contribution in [1.82, 2.24) is 0 Å². The minimum absolute atomic E-state index is 0.0809. The van der Waals surface area contributed by atoms with Crippen LogP contribution in [0.15, 0.2) is 18.2 Å². The van der Waals surface area contributed by atoms with Crippen LogP contribution >= 0.6 is 11.6 Å². The van der Waals surface area contributed by atoms with Gasteiger partial charge in [-0.25, -0.2) is 0 Å². The molecule has 2 nitrogen and oxygen atoms in total. The first kappa shape index (κ1) is 13.4. The smallest absolute Gasteiger partial charge is 0.0820 e. The van der Waals surface area contributed by atoms with Crippen LogP contribution in [0.25, 0.3) is 0 Å². The minimum Gasteiger partial charge on any atom is -0.388 e. The molecule has 1 aliphatic heterocycles. The molecule has 3 heteroatoms. The molecule has 19 heavy (non-hydrogen) atoms. The van der Waals surface area contributed by atoms with E-state index in [1.54, 1.807) is 0 Å². The first-order valence-electron chi connectivity index (χ1n) is 7.17. The Balaban J connectivity index is 1.77. The summed E-state index contributed by atoms with van der Waals surface area (Å²) in [5, 5.41) is 11.3. The SMILES string of the molecule is Cc1cc(Cl)cc(C(O)C2CCOC3(CCC3)C2)c1. The largest absolute Gasteiger partial charge is 0.388 e. The molecule has 0 aromatic heterocycles. The van der Waals surface area contributed by atoms with Crippen molar-refractivity contribution in [3.63, 3.8) is 0 Å². The molecule has 2 aliphatic rings. The van der Waals surface area contributed by atoms with Crippen LogP contribution in [0, 0.1) is 12.8 Å². The summed E-state index contributed by atoms with van der Waals surface area (Å²) < 4.78 is 5.93. The Kier molecular flexibility index (Phi) is 3.59. The highest BCUT2D eigenvalue weighted by Gasteiger charge is 2.44. The zero-order valence-electron chi connectivity index (χ0n) is 11.4. The summed E-state index contributed by atoms with van der Waals surface area (Å²) in [5.41, 5.74) is 2.13. The molecule has 1 heterocycles. The zero-order chi connectivity index (χ0) is 13.5. The predicted molar refractivity (Wildman–Crippen MR) is 76.4 cm³/mol. The third kappa shape index (κ3) is 2.67. The molecule has 1 saturated carbocycles. The lowest BCUT2D eigenvalue weighted by Gasteiger charge is -2.48. The highest BCUT2D eigenvalue weighted by atomic mass is 35.5. The number of aliphatic hydroxyl groups excluding tert-OH is 1. The number of halogens is 1. The van der Waals surface area contributed by atoms with Crippen LogP contribution in [0.1, 0.15) is 49.3 Å². The number of benzene rings is 1. The Labute approximate surface area is 119 Å². The Morgan fingerprint density at radius 1 is 1.37 bits per heavy atom. The van der Waals surface area contributed by atoms with Crippen molar-refractivity contribution in [3.05, 3.63) is 34.3 Å². The minimum atomic E-state index is -0.418. The first-order chi connectivity index (χ1) is 9.08. The third-order valence-corrected chi connectivity index (χ3v) is 4.87. The summed E-state index contributed by atoms with van der Waals surface area (Å²) in [7, 11) is 0. The van der Waals surface area contributed by atoms with Gasteiger partial charge in [-0.15, -0.1) is 0 Å². The standard InChI is InChI=1S/C16H21ClO2/c1-11-7-13(9-14(17)8-11)15(18)12-3-6-19-16(10-12)4-2-5-16/h7-9,12,15,18H,2-6,10H2,1H3. The number of hydrogen-bond acceptors (Lipinski definition) is 2. The second-order valence-corrected chi connectivity index (χ2v) is 6.58. The summed E-state index contributed by atoms with van der Waals surface area (Å²) >= 11 is 6.09. The molecule has 1 aromatic carbocycles. The van der Waals surface area contributed by atoms with Gasteiger partial charge < -0.3 is 9.84 Å². The van der Waals surface area contributed by atoms with Gasteiger partial charge in [-0.2, -0.15) is 0 Å². The first-order valence-corrected chi connectivity index (χ1v) is 7.55. The Morgan fingerprint density at radius 2 is 2.16 bits per heavy atom. The third-order valence-electron chi connectivity index (χ3n) is 4.65. The van der Waals surface area contributed by atoms with Crippen LogP contribution < -0.4 is 0 Å². The maximum Gasteiger partial charge on any atom is 0.0820 e.